The zero-order valence-corrected chi connectivity index (χ0v) is 13.3. The molecule has 0 fully saturated rings. The predicted molar refractivity (Wildman–Crippen MR) is 80.0 cm³/mol. The molecule has 1 atom stereocenters. The first-order chi connectivity index (χ1) is 10.0. The number of Topliss-reactive ketones (excluding diaryl/α,β-unsaturated/α-hetero) is 1. The Morgan fingerprint density at radius 2 is 2.38 bits per heavy atom. The van der Waals surface area contributed by atoms with Gasteiger partial charge in [-0.25, -0.2) is 0 Å². The van der Waals surface area contributed by atoms with Gasteiger partial charge in [0.1, 0.15) is 11.9 Å². The SMILES string of the molecule is COc1cc(Br)c2c3c1OC(CC(C)=O)C3=CN(C=O)C2. The van der Waals surface area contributed by atoms with Gasteiger partial charge in [0.25, 0.3) is 0 Å². The van der Waals surface area contributed by atoms with Crippen LogP contribution >= 0.6 is 15.9 Å². The minimum absolute atomic E-state index is 0.0384. The first kappa shape index (κ1) is 14.1. The molecular formula is C15H14BrNO4. The predicted octanol–water partition coefficient (Wildman–Crippen LogP) is 2.51. The van der Waals surface area contributed by atoms with Crippen LogP contribution in [0.4, 0.5) is 0 Å². The third kappa shape index (κ3) is 2.23. The molecule has 21 heavy (non-hydrogen) atoms. The maximum absolute atomic E-state index is 11.5. The summed E-state index contributed by atoms with van der Waals surface area (Å²) in [6.07, 6.45) is 2.43. The summed E-state index contributed by atoms with van der Waals surface area (Å²) < 4.78 is 12.2. The van der Waals surface area contributed by atoms with E-state index in [1.54, 1.807) is 18.2 Å². The molecule has 110 valence electrons. The van der Waals surface area contributed by atoms with Crippen LogP contribution in [0.15, 0.2) is 16.7 Å². The Morgan fingerprint density at radius 3 is 3.00 bits per heavy atom. The lowest BCUT2D eigenvalue weighted by Gasteiger charge is -2.23. The van der Waals surface area contributed by atoms with Crippen molar-refractivity contribution in [2.45, 2.75) is 26.0 Å². The second kappa shape index (κ2) is 5.18. The molecule has 0 bridgehead atoms. The van der Waals surface area contributed by atoms with Gasteiger partial charge >= 0.3 is 0 Å². The molecule has 0 N–H and O–H groups in total. The molecule has 2 aliphatic heterocycles. The second-order valence-corrected chi connectivity index (χ2v) is 5.97. The van der Waals surface area contributed by atoms with Crippen molar-refractivity contribution in [3.63, 3.8) is 0 Å². The number of carbonyl (C=O) groups is 2. The highest BCUT2D eigenvalue weighted by Gasteiger charge is 2.38. The van der Waals surface area contributed by atoms with Gasteiger partial charge in [-0.05, 0) is 18.6 Å². The summed E-state index contributed by atoms with van der Waals surface area (Å²) in [6.45, 7) is 2.00. The minimum Gasteiger partial charge on any atom is -0.493 e. The van der Waals surface area contributed by atoms with Gasteiger partial charge in [-0.3, -0.25) is 9.59 Å². The molecule has 1 aromatic carbocycles. The zero-order valence-electron chi connectivity index (χ0n) is 11.7. The van der Waals surface area contributed by atoms with Crippen LogP contribution in [0.3, 0.4) is 0 Å². The molecule has 3 rings (SSSR count). The minimum atomic E-state index is -0.373. The quantitative estimate of drug-likeness (QED) is 0.782. The molecule has 2 aliphatic rings. The van der Waals surface area contributed by atoms with Crippen LogP contribution < -0.4 is 9.47 Å². The second-order valence-electron chi connectivity index (χ2n) is 5.12. The molecule has 0 aromatic heterocycles. The van der Waals surface area contributed by atoms with Crippen molar-refractivity contribution in [2.24, 2.45) is 0 Å². The average molecular weight is 352 g/mol. The average Bonchev–Trinajstić information content (AvgIpc) is 2.81. The van der Waals surface area contributed by atoms with E-state index < -0.39 is 0 Å². The Labute approximate surface area is 130 Å². The van der Waals surface area contributed by atoms with Crippen LogP contribution in [0.25, 0.3) is 5.57 Å². The number of carbonyl (C=O) groups excluding carboxylic acids is 2. The standard InChI is InChI=1S/C15H14BrNO4/c1-8(19)3-12-10-6-17(7-18)5-9-11(16)4-13(20-2)15(21-12)14(9)10/h4,6-7,12H,3,5H2,1-2H3. The van der Waals surface area contributed by atoms with Crippen LogP contribution in [0, 0.1) is 0 Å². The maximum atomic E-state index is 11.5. The number of hydrogen-bond donors (Lipinski definition) is 0. The first-order valence-corrected chi connectivity index (χ1v) is 7.33. The monoisotopic (exact) mass is 351 g/mol. The Hall–Kier alpha value is -1.82. The van der Waals surface area contributed by atoms with E-state index in [-0.39, 0.29) is 18.3 Å². The van der Waals surface area contributed by atoms with Crippen molar-refractivity contribution in [3.05, 3.63) is 27.9 Å². The van der Waals surface area contributed by atoms with E-state index >= 15 is 0 Å². The first-order valence-electron chi connectivity index (χ1n) is 6.53. The topological polar surface area (TPSA) is 55.8 Å². The van der Waals surface area contributed by atoms with Gasteiger partial charge in [0.05, 0.1) is 13.7 Å². The van der Waals surface area contributed by atoms with Gasteiger partial charge in [-0.15, -0.1) is 0 Å². The lowest BCUT2D eigenvalue weighted by molar-refractivity contribution is -0.118. The number of nitrogens with zero attached hydrogens (tertiary/aromatic N) is 1. The van der Waals surface area contributed by atoms with Gasteiger partial charge in [0.2, 0.25) is 6.41 Å². The Bertz CT molecular complexity index is 668. The summed E-state index contributed by atoms with van der Waals surface area (Å²) in [4.78, 5) is 24.2. The van der Waals surface area contributed by atoms with Crippen molar-refractivity contribution in [1.82, 2.24) is 4.90 Å². The van der Waals surface area contributed by atoms with Crippen LogP contribution in [0.1, 0.15) is 24.5 Å². The van der Waals surface area contributed by atoms with E-state index in [0.717, 1.165) is 27.6 Å². The Balaban J connectivity index is 2.18. The van der Waals surface area contributed by atoms with Gasteiger partial charge in [-0.1, -0.05) is 15.9 Å². The van der Waals surface area contributed by atoms with E-state index in [1.165, 1.54) is 6.92 Å². The molecule has 1 aromatic rings. The fourth-order valence-corrected chi connectivity index (χ4v) is 3.31. The smallest absolute Gasteiger partial charge is 0.213 e. The Kier molecular flexibility index (Phi) is 3.49. The molecule has 5 nitrogen and oxygen atoms in total. The highest BCUT2D eigenvalue weighted by Crippen LogP contribution is 2.51. The molecule has 0 radical (unpaired) electrons. The van der Waals surface area contributed by atoms with Crippen molar-refractivity contribution in [3.8, 4) is 11.5 Å². The number of ether oxygens (including phenoxy) is 2. The zero-order chi connectivity index (χ0) is 15.1. The van der Waals surface area contributed by atoms with E-state index in [9.17, 15) is 9.59 Å². The van der Waals surface area contributed by atoms with E-state index in [4.69, 9.17) is 9.47 Å². The highest BCUT2D eigenvalue weighted by molar-refractivity contribution is 9.10. The van der Waals surface area contributed by atoms with E-state index in [0.29, 0.717) is 18.0 Å². The summed E-state index contributed by atoms with van der Waals surface area (Å²) in [5, 5.41) is 0. The fourth-order valence-electron chi connectivity index (χ4n) is 2.78. The number of rotatable bonds is 4. The number of amides is 1. The molecule has 2 heterocycles. The van der Waals surface area contributed by atoms with Gasteiger partial charge in [-0.2, -0.15) is 0 Å². The molecule has 0 saturated carbocycles. The summed E-state index contributed by atoms with van der Waals surface area (Å²) in [6, 6.07) is 1.83. The third-order valence-electron chi connectivity index (χ3n) is 3.67. The van der Waals surface area contributed by atoms with E-state index in [1.807, 2.05) is 6.07 Å². The normalized spacial score (nSPS) is 18.7. The maximum Gasteiger partial charge on any atom is 0.213 e. The number of benzene rings is 1. The van der Waals surface area contributed by atoms with E-state index in [2.05, 4.69) is 15.9 Å². The number of methoxy groups -OCH3 is 1. The number of ketones is 1. The summed E-state index contributed by atoms with van der Waals surface area (Å²) >= 11 is 3.52. The van der Waals surface area contributed by atoms with Crippen molar-refractivity contribution < 1.29 is 19.1 Å². The van der Waals surface area contributed by atoms with Gasteiger partial charge < -0.3 is 14.4 Å². The molecule has 0 saturated heterocycles. The molecule has 1 amide bonds. The van der Waals surface area contributed by atoms with Crippen molar-refractivity contribution in [2.75, 3.05) is 7.11 Å². The van der Waals surface area contributed by atoms with Crippen LogP contribution in [0.2, 0.25) is 0 Å². The van der Waals surface area contributed by atoms with Crippen LogP contribution in [0.5, 0.6) is 11.5 Å². The van der Waals surface area contributed by atoms with Crippen LogP contribution in [-0.4, -0.2) is 30.3 Å². The lowest BCUT2D eigenvalue weighted by atomic mass is 9.93. The summed E-state index contributed by atoms with van der Waals surface area (Å²) in [5.74, 6) is 1.31. The van der Waals surface area contributed by atoms with Crippen molar-refractivity contribution >= 4 is 33.7 Å². The number of hydrogen-bond acceptors (Lipinski definition) is 4. The fraction of sp³-hybridized carbons (Fsp3) is 0.333. The lowest BCUT2D eigenvalue weighted by Crippen LogP contribution is -2.23. The highest BCUT2D eigenvalue weighted by atomic mass is 79.9. The van der Waals surface area contributed by atoms with Gasteiger partial charge in [0, 0.05) is 28.2 Å². The third-order valence-corrected chi connectivity index (χ3v) is 4.38. The van der Waals surface area contributed by atoms with Crippen LogP contribution in [-0.2, 0) is 16.1 Å². The molecule has 0 spiro atoms. The van der Waals surface area contributed by atoms with Crippen molar-refractivity contribution in [1.29, 1.82) is 0 Å². The molecule has 6 heteroatoms. The molecular weight excluding hydrogens is 338 g/mol. The molecule has 1 unspecified atom stereocenters. The number of halogens is 1. The largest absolute Gasteiger partial charge is 0.493 e. The summed E-state index contributed by atoms with van der Waals surface area (Å²) in [5.41, 5.74) is 2.76. The Morgan fingerprint density at radius 1 is 1.62 bits per heavy atom. The summed E-state index contributed by atoms with van der Waals surface area (Å²) in [7, 11) is 1.58. The molecule has 0 aliphatic carbocycles. The van der Waals surface area contributed by atoms with Gasteiger partial charge in [0.15, 0.2) is 11.5 Å².